The Bertz CT molecular complexity index is 64.1. The summed E-state index contributed by atoms with van der Waals surface area (Å²) in [6.07, 6.45) is 1.79. The molecular weight excluding hydrogens is 102 g/mol. The third-order valence-corrected chi connectivity index (χ3v) is 1.64. The normalized spacial score (nSPS) is 8.00. The Morgan fingerprint density at radius 1 is 1.80 bits per heavy atom. The Labute approximate surface area is 37.5 Å². The molecule has 1 aromatic rings. The van der Waals surface area contributed by atoms with Gasteiger partial charge in [-0.3, -0.25) is 0 Å². The van der Waals surface area contributed by atoms with E-state index in [2.05, 4.69) is 4.37 Å². The molecular formula is C2H2NS2+. The van der Waals surface area contributed by atoms with Crippen LogP contribution in [-0.2, 0) is 0 Å². The molecule has 0 atom stereocenters. The minimum Gasteiger partial charge on any atom is -0.143 e. The zero-order valence-electron chi connectivity index (χ0n) is 2.42. The van der Waals surface area contributed by atoms with Crippen molar-refractivity contribution < 1.29 is 0 Å². The number of hydrogen-bond donors (Lipinski definition) is 0. The third kappa shape index (κ3) is 0.629. The van der Waals surface area contributed by atoms with Gasteiger partial charge in [-0.25, -0.2) is 0 Å². The van der Waals surface area contributed by atoms with E-state index < -0.39 is 0 Å². The molecule has 3 heteroatoms. The molecule has 0 amide bonds. The van der Waals surface area contributed by atoms with E-state index in [1.165, 1.54) is 10.5 Å². The molecule has 0 saturated carbocycles. The minimum atomic E-state index is 1.50. The van der Waals surface area contributed by atoms with Gasteiger partial charge in [-0.15, -0.1) is 4.37 Å². The lowest BCUT2D eigenvalue weighted by molar-refractivity contribution is 1.59. The second kappa shape index (κ2) is 1.43. The summed E-state index contributed by atoms with van der Waals surface area (Å²) in [5.41, 5.74) is 0. The van der Waals surface area contributed by atoms with Crippen LogP contribution in [0.25, 0.3) is 0 Å². The molecule has 26 valence electrons. The lowest BCUT2D eigenvalue weighted by Crippen LogP contribution is -1.32. The van der Waals surface area contributed by atoms with Crippen molar-refractivity contribution in [1.29, 1.82) is 0 Å². The molecule has 0 aliphatic rings. The van der Waals surface area contributed by atoms with Crippen LogP contribution in [-0.4, -0.2) is 4.37 Å². The molecule has 0 saturated heterocycles. The Hall–Kier alpha value is -0.0200. The Balaban J connectivity index is 3.13. The molecule has 0 aromatic carbocycles. The minimum absolute atomic E-state index is 1.50. The van der Waals surface area contributed by atoms with Gasteiger partial charge in [0.05, 0.1) is 0 Å². The van der Waals surface area contributed by atoms with Crippen molar-refractivity contribution in [2.45, 2.75) is 0 Å². The highest BCUT2D eigenvalue weighted by atomic mass is 32.9. The van der Waals surface area contributed by atoms with Crippen molar-refractivity contribution in [3.8, 4) is 0 Å². The summed E-state index contributed by atoms with van der Waals surface area (Å²) in [5, 5.41) is 1.95. The van der Waals surface area contributed by atoms with Crippen LogP contribution in [0.4, 0.5) is 0 Å². The number of hydrogen-bond acceptors (Lipinski definition) is 2. The number of nitrogens with zero attached hydrogens (tertiary/aromatic N) is 1. The molecule has 0 N–H and O–H groups in total. The molecule has 0 unspecified atom stereocenters. The Kier molecular flexibility index (Phi) is 0.907. The van der Waals surface area contributed by atoms with E-state index in [0.717, 1.165) is 0 Å². The SMILES string of the molecule is c1c[s+]sn1. The average molecular weight is 104 g/mol. The monoisotopic (exact) mass is 104 g/mol. The zero-order chi connectivity index (χ0) is 3.54. The Morgan fingerprint density at radius 2 is 2.80 bits per heavy atom. The third-order valence-electron chi connectivity index (χ3n) is 0.263. The number of aromatic nitrogens is 1. The second-order valence-corrected chi connectivity index (χ2v) is 2.41. The molecule has 0 fully saturated rings. The van der Waals surface area contributed by atoms with Gasteiger partial charge in [0.15, 0.2) is 0 Å². The highest BCUT2D eigenvalue weighted by Gasteiger charge is 1.81. The van der Waals surface area contributed by atoms with Crippen LogP contribution < -0.4 is 0 Å². The van der Waals surface area contributed by atoms with Crippen LogP contribution in [0.3, 0.4) is 0 Å². The largest absolute Gasteiger partial charge is 0.314 e. The smallest absolute Gasteiger partial charge is 0.143 e. The first kappa shape index (κ1) is 3.18. The fraction of sp³-hybridized carbons (Fsp3) is 0. The summed E-state index contributed by atoms with van der Waals surface area (Å²) in [5.74, 6) is 0. The molecule has 0 radical (unpaired) electrons. The molecule has 1 rings (SSSR count). The van der Waals surface area contributed by atoms with Crippen molar-refractivity contribution in [1.82, 2.24) is 4.37 Å². The van der Waals surface area contributed by atoms with Crippen LogP contribution in [0.5, 0.6) is 0 Å². The fourth-order valence-corrected chi connectivity index (χ4v) is 1.12. The van der Waals surface area contributed by atoms with Crippen LogP contribution >= 0.6 is 20.9 Å². The first-order valence-electron chi connectivity index (χ1n) is 1.18. The summed E-state index contributed by atoms with van der Waals surface area (Å²) in [4.78, 5) is 0. The highest BCUT2D eigenvalue weighted by molar-refractivity contribution is 7.66. The number of rotatable bonds is 0. The maximum Gasteiger partial charge on any atom is 0.314 e. The first-order valence-corrected chi connectivity index (χ1v) is 3.35. The zero-order valence-corrected chi connectivity index (χ0v) is 4.05. The van der Waals surface area contributed by atoms with Gasteiger partial charge in [-0.05, 0) is 0 Å². The predicted octanol–water partition coefficient (Wildman–Crippen LogP) is 1.49. The van der Waals surface area contributed by atoms with Crippen LogP contribution in [0.1, 0.15) is 0 Å². The molecule has 0 aliphatic heterocycles. The topological polar surface area (TPSA) is 12.9 Å². The highest BCUT2D eigenvalue weighted by Crippen LogP contribution is 1.97. The molecule has 0 aliphatic carbocycles. The van der Waals surface area contributed by atoms with E-state index in [9.17, 15) is 0 Å². The van der Waals surface area contributed by atoms with Crippen molar-refractivity contribution in [2.75, 3.05) is 0 Å². The van der Waals surface area contributed by atoms with E-state index in [-0.39, 0.29) is 0 Å². The summed E-state index contributed by atoms with van der Waals surface area (Å²) >= 11 is 0. The summed E-state index contributed by atoms with van der Waals surface area (Å²) in [6, 6.07) is 0. The fourth-order valence-electron chi connectivity index (χ4n) is 0.124. The van der Waals surface area contributed by atoms with E-state index in [1.807, 2.05) is 5.38 Å². The molecule has 0 spiro atoms. The van der Waals surface area contributed by atoms with Crippen LogP contribution in [0.2, 0.25) is 0 Å². The maximum absolute atomic E-state index is 3.78. The molecule has 0 bridgehead atoms. The summed E-state index contributed by atoms with van der Waals surface area (Å²) in [6.45, 7) is 0. The van der Waals surface area contributed by atoms with E-state index in [1.54, 1.807) is 16.5 Å². The van der Waals surface area contributed by atoms with Crippen LogP contribution in [0.15, 0.2) is 11.6 Å². The van der Waals surface area contributed by atoms with Gasteiger partial charge in [0.25, 0.3) is 10.5 Å². The van der Waals surface area contributed by atoms with Crippen LogP contribution in [0, 0.1) is 0 Å². The van der Waals surface area contributed by atoms with E-state index in [4.69, 9.17) is 0 Å². The molecule has 5 heavy (non-hydrogen) atoms. The van der Waals surface area contributed by atoms with Gasteiger partial charge in [0, 0.05) is 0 Å². The van der Waals surface area contributed by atoms with Gasteiger partial charge in [-0.2, -0.15) is 0 Å². The van der Waals surface area contributed by atoms with Crippen molar-refractivity contribution in [2.24, 2.45) is 0 Å². The lowest BCUT2D eigenvalue weighted by atomic mass is 11.1. The Morgan fingerprint density at radius 3 is 3.00 bits per heavy atom. The predicted molar refractivity (Wildman–Crippen MR) is 24.4 cm³/mol. The summed E-state index contributed by atoms with van der Waals surface area (Å²) < 4.78 is 3.78. The standard InChI is InChI=1S/C2H2NS2/c1-2-4-5-3-1/h1-2H/q+1. The maximum atomic E-state index is 3.78. The van der Waals surface area contributed by atoms with Gasteiger partial charge in [-0.1, -0.05) is 0 Å². The van der Waals surface area contributed by atoms with Gasteiger partial charge < -0.3 is 0 Å². The molecule has 1 aromatic heterocycles. The van der Waals surface area contributed by atoms with E-state index >= 15 is 0 Å². The first-order chi connectivity index (χ1) is 2.50. The summed E-state index contributed by atoms with van der Waals surface area (Å²) in [7, 11) is 3.15. The second-order valence-electron chi connectivity index (χ2n) is 0.561. The van der Waals surface area contributed by atoms with Crippen molar-refractivity contribution in [3.63, 3.8) is 0 Å². The van der Waals surface area contributed by atoms with Gasteiger partial charge in [0.2, 0.25) is 5.38 Å². The van der Waals surface area contributed by atoms with Gasteiger partial charge >= 0.3 is 10.3 Å². The molecule has 1 heterocycles. The lowest BCUT2D eigenvalue weighted by Gasteiger charge is -1.28. The molecule has 1 nitrogen and oxygen atoms in total. The van der Waals surface area contributed by atoms with Crippen molar-refractivity contribution >= 4 is 20.9 Å². The van der Waals surface area contributed by atoms with Gasteiger partial charge in [0.1, 0.15) is 6.20 Å². The average Bonchev–Trinajstić information content (AvgIpc) is 1.76. The quantitative estimate of drug-likeness (QED) is 0.359. The van der Waals surface area contributed by atoms with Crippen molar-refractivity contribution in [3.05, 3.63) is 11.6 Å². The van der Waals surface area contributed by atoms with E-state index in [0.29, 0.717) is 0 Å².